The van der Waals surface area contributed by atoms with Gasteiger partial charge in [0.05, 0.1) is 12.2 Å². The lowest BCUT2D eigenvalue weighted by Crippen LogP contribution is -2.49. The van der Waals surface area contributed by atoms with Crippen LogP contribution in [0, 0.1) is 5.92 Å². The normalized spacial score (nSPS) is 27.6. The van der Waals surface area contributed by atoms with Crippen LogP contribution in [0.2, 0.25) is 0 Å². The molecule has 2 unspecified atom stereocenters. The molecule has 1 saturated carbocycles. The van der Waals surface area contributed by atoms with Gasteiger partial charge in [-0.1, -0.05) is 6.42 Å². The van der Waals surface area contributed by atoms with Crippen LogP contribution in [0.4, 0.5) is 4.79 Å². The molecule has 8 heteroatoms. The molecule has 3 amide bonds. The van der Waals surface area contributed by atoms with Gasteiger partial charge in [0.2, 0.25) is 5.91 Å². The number of urea groups is 1. The second-order valence-corrected chi connectivity index (χ2v) is 8.44. The summed E-state index contributed by atoms with van der Waals surface area (Å²) < 4.78 is 7.77. The molecule has 0 aromatic carbocycles. The maximum absolute atomic E-state index is 12.6. The van der Waals surface area contributed by atoms with Gasteiger partial charge in [0.1, 0.15) is 6.10 Å². The van der Waals surface area contributed by atoms with Gasteiger partial charge >= 0.3 is 6.03 Å². The quantitative estimate of drug-likeness (QED) is 0.806. The number of ether oxygens (including phenoxy) is 1. The van der Waals surface area contributed by atoms with Crippen LogP contribution in [0.5, 0.6) is 0 Å². The van der Waals surface area contributed by atoms with Crippen LogP contribution in [0.15, 0.2) is 12.4 Å². The third kappa shape index (κ3) is 4.84. The average Bonchev–Trinajstić information content (AvgIpc) is 3.30. The fourth-order valence-corrected chi connectivity index (χ4v) is 4.15. The van der Waals surface area contributed by atoms with Crippen LogP contribution >= 0.6 is 0 Å². The Morgan fingerprint density at radius 1 is 1.25 bits per heavy atom. The van der Waals surface area contributed by atoms with Crippen molar-refractivity contribution >= 4 is 11.9 Å². The molecule has 0 radical (unpaired) electrons. The number of hydrogen-bond donors (Lipinski definition) is 2. The summed E-state index contributed by atoms with van der Waals surface area (Å²) in [5.41, 5.74) is 0.991. The van der Waals surface area contributed by atoms with Crippen LogP contribution in [-0.2, 0) is 9.53 Å². The van der Waals surface area contributed by atoms with Crippen molar-refractivity contribution in [2.45, 2.75) is 70.2 Å². The van der Waals surface area contributed by atoms with Gasteiger partial charge in [-0.05, 0) is 39.5 Å². The molecule has 0 bridgehead atoms. The number of nitrogens with zero attached hydrogens (tertiary/aromatic N) is 3. The van der Waals surface area contributed by atoms with Crippen LogP contribution in [0.25, 0.3) is 0 Å². The van der Waals surface area contributed by atoms with E-state index in [9.17, 15) is 9.59 Å². The van der Waals surface area contributed by atoms with E-state index in [4.69, 9.17) is 4.74 Å². The molecule has 0 spiro atoms. The molecule has 1 aromatic heterocycles. The molecule has 1 saturated heterocycles. The van der Waals surface area contributed by atoms with Crippen molar-refractivity contribution in [1.29, 1.82) is 0 Å². The molecule has 4 atom stereocenters. The third-order valence-corrected chi connectivity index (χ3v) is 5.69. The average molecular weight is 392 g/mol. The summed E-state index contributed by atoms with van der Waals surface area (Å²) in [6.07, 6.45) is 7.89. The highest BCUT2D eigenvalue weighted by atomic mass is 16.5. The number of carbonyl (C=O) groups is 2. The molecular weight excluding hydrogens is 358 g/mol. The minimum atomic E-state index is -0.181. The molecular formula is C20H33N5O3. The van der Waals surface area contributed by atoms with E-state index in [1.54, 1.807) is 19.0 Å². The summed E-state index contributed by atoms with van der Waals surface area (Å²) in [6.45, 7) is 4.77. The summed E-state index contributed by atoms with van der Waals surface area (Å²) in [5, 5.41) is 10.5. The van der Waals surface area contributed by atoms with E-state index in [-0.39, 0.29) is 42.1 Å². The monoisotopic (exact) mass is 391 g/mol. The molecule has 156 valence electrons. The van der Waals surface area contributed by atoms with Gasteiger partial charge in [0, 0.05) is 50.5 Å². The Balaban J connectivity index is 1.54. The van der Waals surface area contributed by atoms with E-state index in [1.165, 1.54) is 0 Å². The Morgan fingerprint density at radius 2 is 2.04 bits per heavy atom. The van der Waals surface area contributed by atoms with Crippen molar-refractivity contribution in [2.24, 2.45) is 5.92 Å². The van der Waals surface area contributed by atoms with E-state index in [1.807, 2.05) is 17.1 Å². The standard InChI is InChI=1S/C20H33N5O3/c1-13(2)25-12-15(11-21-25)18-17(8-9-28-18)23-20(27)22-16-7-5-6-14(10-16)19(26)24(3)4/h11-14,16-18H,5-10H2,1-4H3,(H2,22,23,27)/t14?,16?,17-,18+/m1/s1. The molecule has 2 heterocycles. The molecule has 1 aromatic rings. The van der Waals surface area contributed by atoms with Crippen LogP contribution in [-0.4, -0.2) is 59.4 Å². The lowest BCUT2D eigenvalue weighted by Gasteiger charge is -2.31. The number of nitrogens with one attached hydrogen (secondary N) is 2. The first kappa shape index (κ1) is 20.6. The largest absolute Gasteiger partial charge is 0.371 e. The Hall–Kier alpha value is -2.09. The van der Waals surface area contributed by atoms with E-state index in [2.05, 4.69) is 29.6 Å². The zero-order chi connectivity index (χ0) is 20.3. The van der Waals surface area contributed by atoms with Crippen LogP contribution in [0.1, 0.15) is 63.7 Å². The van der Waals surface area contributed by atoms with Crippen molar-refractivity contribution in [3.63, 3.8) is 0 Å². The first-order chi connectivity index (χ1) is 13.3. The van der Waals surface area contributed by atoms with Crippen molar-refractivity contribution < 1.29 is 14.3 Å². The number of hydrogen-bond acceptors (Lipinski definition) is 4. The predicted molar refractivity (Wildman–Crippen MR) is 106 cm³/mol. The maximum Gasteiger partial charge on any atom is 0.315 e. The molecule has 8 nitrogen and oxygen atoms in total. The molecule has 1 aliphatic carbocycles. The highest BCUT2D eigenvalue weighted by Gasteiger charge is 2.33. The Kier molecular flexibility index (Phi) is 6.59. The van der Waals surface area contributed by atoms with Gasteiger partial charge in [0.15, 0.2) is 0 Å². The minimum Gasteiger partial charge on any atom is -0.371 e. The van der Waals surface area contributed by atoms with Gasteiger partial charge < -0.3 is 20.3 Å². The van der Waals surface area contributed by atoms with E-state index >= 15 is 0 Å². The van der Waals surface area contributed by atoms with Crippen molar-refractivity contribution in [1.82, 2.24) is 25.3 Å². The van der Waals surface area contributed by atoms with Gasteiger partial charge in [-0.2, -0.15) is 5.10 Å². The molecule has 2 aliphatic rings. The Morgan fingerprint density at radius 3 is 2.71 bits per heavy atom. The van der Waals surface area contributed by atoms with E-state index < -0.39 is 0 Å². The molecule has 2 fully saturated rings. The summed E-state index contributed by atoms with van der Waals surface area (Å²) in [4.78, 5) is 26.4. The number of carbonyl (C=O) groups excluding carboxylic acids is 2. The fraction of sp³-hybridized carbons (Fsp3) is 0.750. The highest BCUT2D eigenvalue weighted by Crippen LogP contribution is 2.30. The van der Waals surface area contributed by atoms with Gasteiger partial charge in [0.25, 0.3) is 0 Å². The van der Waals surface area contributed by atoms with Crippen LogP contribution in [0.3, 0.4) is 0 Å². The van der Waals surface area contributed by atoms with E-state index in [0.29, 0.717) is 13.0 Å². The summed E-state index contributed by atoms with van der Waals surface area (Å²) in [6, 6.07) is 0.0633. The SMILES string of the molecule is CC(C)n1cc([C@@H]2OCC[C@H]2NC(=O)NC2CCCC(C(=O)N(C)C)C2)cn1. The van der Waals surface area contributed by atoms with E-state index in [0.717, 1.165) is 31.2 Å². The van der Waals surface area contributed by atoms with Crippen molar-refractivity contribution in [3.8, 4) is 0 Å². The number of amides is 3. The minimum absolute atomic E-state index is 0.00140. The number of rotatable bonds is 5. The predicted octanol–water partition coefficient (Wildman–Crippen LogP) is 2.24. The second kappa shape index (κ2) is 8.94. The summed E-state index contributed by atoms with van der Waals surface area (Å²) >= 11 is 0. The molecule has 3 rings (SSSR count). The zero-order valence-corrected chi connectivity index (χ0v) is 17.4. The lowest BCUT2D eigenvalue weighted by molar-refractivity contribution is -0.134. The topological polar surface area (TPSA) is 88.5 Å². The molecule has 28 heavy (non-hydrogen) atoms. The highest BCUT2D eigenvalue weighted by molar-refractivity contribution is 5.79. The summed E-state index contributed by atoms with van der Waals surface area (Å²) in [7, 11) is 3.57. The smallest absolute Gasteiger partial charge is 0.315 e. The van der Waals surface area contributed by atoms with Gasteiger partial charge in [-0.15, -0.1) is 0 Å². The molecule has 2 N–H and O–H groups in total. The van der Waals surface area contributed by atoms with Gasteiger partial charge in [-0.25, -0.2) is 4.79 Å². The van der Waals surface area contributed by atoms with Gasteiger partial charge in [-0.3, -0.25) is 9.48 Å². The Labute approximate surface area is 167 Å². The van der Waals surface area contributed by atoms with Crippen LogP contribution < -0.4 is 10.6 Å². The maximum atomic E-state index is 12.6. The number of aromatic nitrogens is 2. The van der Waals surface area contributed by atoms with Crippen molar-refractivity contribution in [2.75, 3.05) is 20.7 Å². The summed E-state index contributed by atoms with van der Waals surface area (Å²) in [5.74, 6) is 0.150. The second-order valence-electron chi connectivity index (χ2n) is 8.44. The lowest BCUT2D eigenvalue weighted by atomic mass is 9.85. The first-order valence-corrected chi connectivity index (χ1v) is 10.3. The fourth-order valence-electron chi connectivity index (χ4n) is 4.15. The van der Waals surface area contributed by atoms with Crippen molar-refractivity contribution in [3.05, 3.63) is 18.0 Å². The first-order valence-electron chi connectivity index (χ1n) is 10.3. The zero-order valence-electron chi connectivity index (χ0n) is 17.4. The Bertz CT molecular complexity index is 687. The third-order valence-electron chi connectivity index (χ3n) is 5.69. The molecule has 1 aliphatic heterocycles.